The normalized spacial score (nSPS) is 14.4. The molecule has 3 unspecified atom stereocenters. The molecule has 3 N–H and O–H groups in total. The molecule has 0 saturated heterocycles. The average Bonchev–Trinajstić information content (AvgIpc) is 2.54. The summed E-state index contributed by atoms with van der Waals surface area (Å²) < 4.78 is 68.4. The Labute approximate surface area is 562 Å². The minimum Gasteiger partial charge on any atom is -0.462 e. The lowest BCUT2D eigenvalue weighted by Crippen LogP contribution is -2.30. The molecular weight excluding hydrogens is 1210 g/mol. The first-order valence-corrected chi connectivity index (χ1v) is 41.0. The van der Waals surface area contributed by atoms with Gasteiger partial charge in [0.15, 0.2) is 12.2 Å². The number of rotatable bonds is 72. The zero-order valence-electron chi connectivity index (χ0n) is 59.9. The summed E-state index contributed by atoms with van der Waals surface area (Å²) in [6, 6.07) is 0. The van der Waals surface area contributed by atoms with Gasteiger partial charge in [-0.25, -0.2) is 9.13 Å². The van der Waals surface area contributed by atoms with Crippen LogP contribution in [-0.4, -0.2) is 96.7 Å². The zero-order valence-corrected chi connectivity index (χ0v) is 61.6. The summed E-state index contributed by atoms with van der Waals surface area (Å²) in [5, 5.41) is 10.6. The topological polar surface area (TPSA) is 237 Å². The van der Waals surface area contributed by atoms with E-state index in [4.69, 9.17) is 37.0 Å². The predicted octanol–water partition coefficient (Wildman–Crippen LogP) is 21.2. The third-order valence-corrected chi connectivity index (χ3v) is 19.2. The maximum absolute atomic E-state index is 13.1. The van der Waals surface area contributed by atoms with Crippen LogP contribution in [0.15, 0.2) is 0 Å². The van der Waals surface area contributed by atoms with E-state index in [1.54, 1.807) is 0 Å². The molecule has 0 saturated carbocycles. The second-order valence-corrected chi connectivity index (χ2v) is 30.0. The Kier molecular flexibility index (Phi) is 63.7. The highest BCUT2D eigenvalue weighted by atomic mass is 31.2. The van der Waals surface area contributed by atoms with E-state index in [1.165, 1.54) is 186 Å². The molecule has 0 rings (SSSR count). The summed E-state index contributed by atoms with van der Waals surface area (Å²) in [5.74, 6) is -0.601. The van der Waals surface area contributed by atoms with E-state index >= 15 is 0 Å². The summed E-state index contributed by atoms with van der Waals surface area (Å²) in [6.45, 7) is 9.55. The lowest BCUT2D eigenvalue weighted by atomic mass is 10.00. The molecule has 92 heavy (non-hydrogen) atoms. The zero-order chi connectivity index (χ0) is 67.9. The minimum absolute atomic E-state index is 0.106. The van der Waals surface area contributed by atoms with E-state index in [1.807, 2.05) is 0 Å². The number of hydrogen-bond acceptors (Lipinski definition) is 15. The molecule has 0 radical (unpaired) electrons. The highest BCUT2D eigenvalue weighted by molar-refractivity contribution is 7.47. The highest BCUT2D eigenvalue weighted by Gasteiger charge is 2.30. The van der Waals surface area contributed by atoms with Crippen molar-refractivity contribution in [3.8, 4) is 0 Å². The van der Waals surface area contributed by atoms with Gasteiger partial charge in [0, 0.05) is 25.7 Å². The number of hydrogen-bond donors (Lipinski definition) is 3. The molecule has 0 spiro atoms. The summed E-state index contributed by atoms with van der Waals surface area (Å²) in [6.07, 6.45) is 51.2. The van der Waals surface area contributed by atoms with Crippen LogP contribution in [0, 0.1) is 11.8 Å². The van der Waals surface area contributed by atoms with Gasteiger partial charge in [-0.3, -0.25) is 37.3 Å². The first-order chi connectivity index (χ1) is 44.4. The number of esters is 4. The van der Waals surface area contributed by atoms with Crippen LogP contribution in [0.2, 0.25) is 0 Å². The van der Waals surface area contributed by atoms with Crippen molar-refractivity contribution in [3.63, 3.8) is 0 Å². The Hall–Kier alpha value is -1.94. The van der Waals surface area contributed by atoms with Crippen molar-refractivity contribution in [1.29, 1.82) is 0 Å². The average molecular weight is 1350 g/mol. The Bertz CT molecular complexity index is 1790. The molecule has 0 aliphatic rings. The number of aliphatic hydroxyl groups excluding tert-OH is 1. The molecule has 0 bridgehead atoms. The minimum atomic E-state index is -4.95. The van der Waals surface area contributed by atoms with Crippen LogP contribution in [0.5, 0.6) is 0 Å². The van der Waals surface area contributed by atoms with Crippen LogP contribution in [0.25, 0.3) is 0 Å². The lowest BCUT2D eigenvalue weighted by molar-refractivity contribution is -0.161. The number of unbranched alkanes of at least 4 members (excludes halogenated alkanes) is 41. The largest absolute Gasteiger partial charge is 0.472 e. The van der Waals surface area contributed by atoms with E-state index in [0.717, 1.165) is 108 Å². The Morgan fingerprint density at radius 1 is 0.315 bits per heavy atom. The van der Waals surface area contributed by atoms with Gasteiger partial charge in [0.1, 0.15) is 19.3 Å². The van der Waals surface area contributed by atoms with E-state index in [9.17, 15) is 43.2 Å². The lowest BCUT2D eigenvalue weighted by Gasteiger charge is -2.21. The quantitative estimate of drug-likeness (QED) is 0.0222. The molecule has 0 aromatic carbocycles. The van der Waals surface area contributed by atoms with E-state index < -0.39 is 97.5 Å². The predicted molar refractivity (Wildman–Crippen MR) is 372 cm³/mol. The number of ether oxygens (including phenoxy) is 4. The van der Waals surface area contributed by atoms with E-state index in [-0.39, 0.29) is 25.7 Å². The maximum atomic E-state index is 13.1. The van der Waals surface area contributed by atoms with Crippen molar-refractivity contribution in [2.75, 3.05) is 39.6 Å². The summed E-state index contributed by atoms with van der Waals surface area (Å²) in [5.41, 5.74) is 0. The van der Waals surface area contributed by atoms with Crippen molar-refractivity contribution in [1.82, 2.24) is 0 Å². The van der Waals surface area contributed by atoms with Gasteiger partial charge in [-0.2, -0.15) is 0 Å². The van der Waals surface area contributed by atoms with Gasteiger partial charge in [-0.15, -0.1) is 0 Å². The van der Waals surface area contributed by atoms with Crippen LogP contribution in [-0.2, 0) is 65.4 Å². The number of phosphoric acid groups is 2. The number of carbonyl (C=O) groups excluding carboxylic acids is 4. The van der Waals surface area contributed by atoms with Crippen molar-refractivity contribution >= 4 is 39.5 Å². The molecule has 17 nitrogen and oxygen atoms in total. The third kappa shape index (κ3) is 65.4. The van der Waals surface area contributed by atoms with Gasteiger partial charge in [0.25, 0.3) is 0 Å². The van der Waals surface area contributed by atoms with Crippen molar-refractivity contribution in [2.45, 2.75) is 394 Å². The van der Waals surface area contributed by atoms with Gasteiger partial charge >= 0.3 is 39.5 Å². The van der Waals surface area contributed by atoms with Crippen LogP contribution in [0.3, 0.4) is 0 Å². The fourth-order valence-corrected chi connectivity index (χ4v) is 12.7. The molecule has 0 aromatic heterocycles. The molecule has 0 aromatic rings. The van der Waals surface area contributed by atoms with Gasteiger partial charge in [-0.05, 0) is 37.5 Å². The number of aliphatic hydroxyl groups is 1. The molecule has 0 aliphatic heterocycles. The van der Waals surface area contributed by atoms with Crippen molar-refractivity contribution in [3.05, 3.63) is 0 Å². The SMILES string of the molecule is CCCCCCCCCCCCCCCCC(=O)OC[C@H](COP(=O)(O)OC[C@@H](O)COP(=O)(O)OC[C@@H](COC(=O)CCCCCCCCC(C)CC)OC(=O)CCCCCCCCCCCCCC)OC(=O)CCCCCCCCCCCCCCCC(C)C. The van der Waals surface area contributed by atoms with E-state index in [2.05, 4.69) is 41.5 Å². The van der Waals surface area contributed by atoms with Crippen LogP contribution in [0.4, 0.5) is 0 Å². The summed E-state index contributed by atoms with van der Waals surface area (Å²) >= 11 is 0. The summed E-state index contributed by atoms with van der Waals surface area (Å²) in [4.78, 5) is 72.7. The standard InChI is InChI=1S/C73H142O17P2/c1-7-10-12-14-16-18-20-22-25-29-32-36-43-49-55-70(75)83-61-68(89-73(78)58-52-46-38-34-30-26-23-24-27-31-35-41-47-53-65(4)5)63-87-91(79,80)85-59-67(74)60-86-92(81,82)88-64-69(62-84-71(76)56-50-44-40-39-42-48-54-66(6)9-3)90-72(77)57-51-45-37-33-28-21-19-17-15-13-11-8-2/h65-69,74H,7-64H2,1-6H3,(H,79,80)(H,81,82)/t66?,67-,68-,69-/m1/s1. The fourth-order valence-electron chi connectivity index (χ4n) is 11.1. The molecule has 6 atom stereocenters. The van der Waals surface area contributed by atoms with Gasteiger partial charge in [-0.1, -0.05) is 324 Å². The number of carbonyl (C=O) groups is 4. The second-order valence-electron chi connectivity index (χ2n) is 27.1. The second kappa shape index (κ2) is 65.0. The smallest absolute Gasteiger partial charge is 0.462 e. The van der Waals surface area contributed by atoms with Gasteiger partial charge in [0.05, 0.1) is 26.4 Å². The first-order valence-electron chi connectivity index (χ1n) is 38.0. The number of phosphoric ester groups is 2. The summed E-state index contributed by atoms with van der Waals surface area (Å²) in [7, 11) is -9.91. The van der Waals surface area contributed by atoms with Crippen LogP contribution >= 0.6 is 15.6 Å². The van der Waals surface area contributed by atoms with Gasteiger partial charge in [0.2, 0.25) is 0 Å². The van der Waals surface area contributed by atoms with Gasteiger partial charge < -0.3 is 33.8 Å². The fraction of sp³-hybridized carbons (Fsp3) is 0.945. The highest BCUT2D eigenvalue weighted by Crippen LogP contribution is 2.45. The Morgan fingerprint density at radius 3 is 0.826 bits per heavy atom. The van der Waals surface area contributed by atoms with Crippen molar-refractivity contribution < 1.29 is 80.2 Å². The molecular formula is C73H142O17P2. The van der Waals surface area contributed by atoms with Crippen molar-refractivity contribution in [2.24, 2.45) is 11.8 Å². The molecule has 0 fully saturated rings. The Balaban J connectivity index is 5.25. The molecule has 546 valence electrons. The molecule has 0 aliphatic carbocycles. The molecule has 0 heterocycles. The third-order valence-electron chi connectivity index (χ3n) is 17.3. The maximum Gasteiger partial charge on any atom is 0.472 e. The van der Waals surface area contributed by atoms with Crippen LogP contribution < -0.4 is 0 Å². The van der Waals surface area contributed by atoms with E-state index in [0.29, 0.717) is 25.7 Å². The first kappa shape index (κ1) is 90.1. The molecule has 0 amide bonds. The Morgan fingerprint density at radius 2 is 0.554 bits per heavy atom. The van der Waals surface area contributed by atoms with Crippen LogP contribution in [0.1, 0.15) is 375 Å². The molecule has 19 heteroatoms. The monoisotopic (exact) mass is 1350 g/mol.